The average molecular weight is 365 g/mol. The molecule has 2 rings (SSSR count). The van der Waals surface area contributed by atoms with E-state index < -0.39 is 5.97 Å². The Morgan fingerprint density at radius 3 is 2.50 bits per heavy atom. The molecule has 0 bridgehead atoms. The topological polar surface area (TPSA) is 44.8 Å². The number of carbonyl (C=O) groups is 1. The molecule has 2 aromatic carbocycles. The van der Waals surface area contributed by atoms with Crippen LogP contribution in [-0.2, 0) is 4.79 Å². The molecule has 5 heteroatoms. The van der Waals surface area contributed by atoms with Gasteiger partial charge in [-0.15, -0.1) is 0 Å². The van der Waals surface area contributed by atoms with Gasteiger partial charge in [-0.25, -0.2) is 4.79 Å². The van der Waals surface area contributed by atoms with Crippen molar-refractivity contribution in [3.63, 3.8) is 0 Å². The highest BCUT2D eigenvalue weighted by Gasteiger charge is 2.10. The zero-order valence-corrected chi connectivity index (χ0v) is 14.1. The van der Waals surface area contributed by atoms with Crippen LogP contribution in [0.5, 0.6) is 17.2 Å². The monoisotopic (exact) mass is 364 g/mol. The maximum atomic E-state index is 11.9. The zero-order valence-electron chi connectivity index (χ0n) is 12.5. The number of ether oxygens (including phenoxy) is 3. The van der Waals surface area contributed by atoms with Crippen LogP contribution in [0.3, 0.4) is 0 Å². The third-order valence-electron chi connectivity index (χ3n) is 2.86. The highest BCUT2D eigenvalue weighted by atomic mass is 79.9. The van der Waals surface area contributed by atoms with Crippen LogP contribution in [0.1, 0.15) is 12.5 Å². The third kappa shape index (κ3) is 4.49. The molecule has 0 fully saturated rings. The number of carbonyl (C=O) groups excluding carboxylic acids is 1. The summed E-state index contributed by atoms with van der Waals surface area (Å²) in [5.41, 5.74) is 1.03. The van der Waals surface area contributed by atoms with Gasteiger partial charge in [-0.3, -0.25) is 0 Å². The lowest BCUT2D eigenvalue weighted by Crippen LogP contribution is -2.18. The molecule has 0 aromatic heterocycles. The number of para-hydroxylation sites is 2. The van der Waals surface area contributed by atoms with Crippen LogP contribution in [0, 0.1) is 6.92 Å². The van der Waals surface area contributed by atoms with Crippen molar-refractivity contribution in [2.75, 3.05) is 13.2 Å². The van der Waals surface area contributed by atoms with Crippen LogP contribution in [0.4, 0.5) is 0 Å². The predicted molar refractivity (Wildman–Crippen MR) is 87.6 cm³/mol. The fourth-order valence-corrected chi connectivity index (χ4v) is 2.06. The second kappa shape index (κ2) is 7.84. The van der Waals surface area contributed by atoms with E-state index in [4.69, 9.17) is 14.2 Å². The molecule has 22 heavy (non-hydrogen) atoms. The van der Waals surface area contributed by atoms with E-state index in [9.17, 15) is 4.79 Å². The molecule has 0 aliphatic rings. The molecule has 0 N–H and O–H groups in total. The van der Waals surface area contributed by atoms with Gasteiger partial charge in [0.25, 0.3) is 0 Å². The number of aryl methyl sites for hydroxylation is 1. The third-order valence-corrected chi connectivity index (χ3v) is 3.75. The quantitative estimate of drug-likeness (QED) is 0.570. The van der Waals surface area contributed by atoms with Gasteiger partial charge in [0.15, 0.2) is 18.1 Å². The molecule has 0 saturated carbocycles. The molecule has 0 aliphatic carbocycles. The minimum atomic E-state index is -0.479. The maximum absolute atomic E-state index is 11.9. The van der Waals surface area contributed by atoms with Gasteiger partial charge in [0.2, 0.25) is 0 Å². The predicted octanol–water partition coefficient (Wildman–Crippen LogP) is 4.14. The first-order chi connectivity index (χ1) is 10.6. The molecule has 0 aliphatic heterocycles. The van der Waals surface area contributed by atoms with Gasteiger partial charge in [-0.05, 0) is 49.7 Å². The number of esters is 1. The average Bonchev–Trinajstić information content (AvgIpc) is 2.51. The molecule has 0 atom stereocenters. The molecular formula is C17H17BrO4. The highest BCUT2D eigenvalue weighted by molar-refractivity contribution is 9.10. The van der Waals surface area contributed by atoms with Crippen molar-refractivity contribution in [1.82, 2.24) is 0 Å². The summed E-state index contributed by atoms with van der Waals surface area (Å²) in [5.74, 6) is 1.08. The first-order valence-corrected chi connectivity index (χ1v) is 7.71. The number of halogens is 1. The Morgan fingerprint density at radius 1 is 1.09 bits per heavy atom. The summed E-state index contributed by atoms with van der Waals surface area (Å²) in [6.07, 6.45) is 0. The minimum Gasteiger partial charge on any atom is -0.490 e. The Morgan fingerprint density at radius 2 is 1.82 bits per heavy atom. The molecule has 0 spiro atoms. The van der Waals surface area contributed by atoms with Crippen LogP contribution < -0.4 is 14.2 Å². The number of rotatable bonds is 6. The van der Waals surface area contributed by atoms with Crippen LogP contribution in [-0.4, -0.2) is 19.2 Å². The Labute approximate surface area is 138 Å². The molecule has 0 amide bonds. The Balaban J connectivity index is 1.94. The lowest BCUT2D eigenvalue weighted by atomic mass is 10.2. The second-order valence-electron chi connectivity index (χ2n) is 4.55. The van der Waals surface area contributed by atoms with Gasteiger partial charge in [0.1, 0.15) is 5.75 Å². The van der Waals surface area contributed by atoms with Crippen molar-refractivity contribution < 1.29 is 19.0 Å². The molecular weight excluding hydrogens is 348 g/mol. The fourth-order valence-electron chi connectivity index (χ4n) is 1.81. The molecule has 0 radical (unpaired) electrons. The van der Waals surface area contributed by atoms with Crippen LogP contribution >= 0.6 is 15.9 Å². The summed E-state index contributed by atoms with van der Waals surface area (Å²) >= 11 is 3.42. The van der Waals surface area contributed by atoms with E-state index in [1.54, 1.807) is 24.3 Å². The lowest BCUT2D eigenvalue weighted by Gasteiger charge is -2.11. The largest absolute Gasteiger partial charge is 0.490 e. The van der Waals surface area contributed by atoms with Crippen LogP contribution in [0.2, 0.25) is 0 Å². The van der Waals surface area contributed by atoms with E-state index >= 15 is 0 Å². The van der Waals surface area contributed by atoms with Crippen molar-refractivity contribution in [2.24, 2.45) is 0 Å². The zero-order chi connectivity index (χ0) is 15.9. The van der Waals surface area contributed by atoms with Crippen molar-refractivity contribution in [3.8, 4) is 17.2 Å². The van der Waals surface area contributed by atoms with Crippen molar-refractivity contribution in [2.45, 2.75) is 13.8 Å². The van der Waals surface area contributed by atoms with Gasteiger partial charge < -0.3 is 14.2 Å². The van der Waals surface area contributed by atoms with E-state index in [0.29, 0.717) is 23.9 Å². The van der Waals surface area contributed by atoms with Crippen molar-refractivity contribution >= 4 is 21.9 Å². The molecule has 0 saturated heterocycles. The SMILES string of the molecule is CCOc1ccccc1OC(=O)COc1ccc(Br)c(C)c1. The molecule has 0 heterocycles. The standard InChI is InChI=1S/C17H17BrO4/c1-3-20-15-6-4-5-7-16(15)22-17(19)11-21-13-8-9-14(18)12(2)10-13/h4-10H,3,11H2,1-2H3. The highest BCUT2D eigenvalue weighted by Crippen LogP contribution is 2.26. The fraction of sp³-hybridized carbons (Fsp3) is 0.235. The van der Waals surface area contributed by atoms with Gasteiger partial charge >= 0.3 is 5.97 Å². The van der Waals surface area contributed by atoms with Gasteiger partial charge in [0.05, 0.1) is 6.61 Å². The van der Waals surface area contributed by atoms with Gasteiger partial charge in [-0.1, -0.05) is 28.1 Å². The molecule has 116 valence electrons. The summed E-state index contributed by atoms with van der Waals surface area (Å²) in [6.45, 7) is 4.16. The molecule has 2 aromatic rings. The van der Waals surface area contributed by atoms with E-state index in [1.165, 1.54) is 0 Å². The normalized spacial score (nSPS) is 10.1. The van der Waals surface area contributed by atoms with Crippen molar-refractivity contribution in [1.29, 1.82) is 0 Å². The van der Waals surface area contributed by atoms with Gasteiger partial charge in [-0.2, -0.15) is 0 Å². The number of hydrogen-bond acceptors (Lipinski definition) is 4. The van der Waals surface area contributed by atoms with Gasteiger partial charge in [0, 0.05) is 4.47 Å². The van der Waals surface area contributed by atoms with Crippen molar-refractivity contribution in [3.05, 3.63) is 52.5 Å². The molecule has 0 unspecified atom stereocenters. The summed E-state index contributed by atoms with van der Waals surface area (Å²) in [4.78, 5) is 11.9. The Kier molecular flexibility index (Phi) is 5.83. The maximum Gasteiger partial charge on any atom is 0.349 e. The summed E-state index contributed by atoms with van der Waals surface area (Å²) in [6, 6.07) is 12.6. The first-order valence-electron chi connectivity index (χ1n) is 6.91. The van der Waals surface area contributed by atoms with Crippen LogP contribution in [0.25, 0.3) is 0 Å². The minimum absolute atomic E-state index is 0.165. The van der Waals surface area contributed by atoms with E-state index in [-0.39, 0.29) is 6.61 Å². The van der Waals surface area contributed by atoms with Crippen LogP contribution in [0.15, 0.2) is 46.9 Å². The summed E-state index contributed by atoms with van der Waals surface area (Å²) in [5, 5.41) is 0. The second-order valence-corrected chi connectivity index (χ2v) is 5.41. The van der Waals surface area contributed by atoms with E-state index in [2.05, 4.69) is 15.9 Å². The first kappa shape index (κ1) is 16.4. The lowest BCUT2D eigenvalue weighted by molar-refractivity contribution is -0.136. The molecule has 4 nitrogen and oxygen atoms in total. The van der Waals surface area contributed by atoms with E-state index in [0.717, 1.165) is 10.0 Å². The number of benzene rings is 2. The van der Waals surface area contributed by atoms with E-state index in [1.807, 2.05) is 32.0 Å². The Bertz CT molecular complexity index is 655. The summed E-state index contributed by atoms with van der Waals surface area (Å²) < 4.78 is 17.1. The summed E-state index contributed by atoms with van der Waals surface area (Å²) in [7, 11) is 0. The number of hydrogen-bond donors (Lipinski definition) is 0. The smallest absolute Gasteiger partial charge is 0.349 e. The Hall–Kier alpha value is -2.01.